The number of rotatable bonds is 4. The Hall–Kier alpha value is -1.96. The SMILES string of the molecule is CCNC(=O)NC(=O)C(C)S(=O)c1cc(F)ccc1N. The molecule has 0 aliphatic carbocycles. The minimum Gasteiger partial charge on any atom is -0.398 e. The van der Waals surface area contributed by atoms with Gasteiger partial charge in [0.15, 0.2) is 0 Å². The number of hydrogen-bond acceptors (Lipinski definition) is 4. The lowest BCUT2D eigenvalue weighted by Gasteiger charge is -2.13. The quantitative estimate of drug-likeness (QED) is 0.714. The van der Waals surface area contributed by atoms with Gasteiger partial charge >= 0.3 is 6.03 Å². The summed E-state index contributed by atoms with van der Waals surface area (Å²) in [6.07, 6.45) is 0. The maximum Gasteiger partial charge on any atom is 0.321 e. The van der Waals surface area contributed by atoms with Crippen molar-refractivity contribution in [3.05, 3.63) is 24.0 Å². The molecule has 0 heterocycles. The third-order valence-corrected chi connectivity index (χ3v) is 4.10. The zero-order chi connectivity index (χ0) is 15.3. The van der Waals surface area contributed by atoms with Crippen molar-refractivity contribution in [3.8, 4) is 0 Å². The molecule has 0 saturated carbocycles. The normalized spacial score (nSPS) is 13.3. The third kappa shape index (κ3) is 4.02. The van der Waals surface area contributed by atoms with Gasteiger partial charge in [-0.2, -0.15) is 0 Å². The first kappa shape index (κ1) is 16.1. The van der Waals surface area contributed by atoms with Gasteiger partial charge in [-0.05, 0) is 32.0 Å². The maximum absolute atomic E-state index is 13.1. The molecule has 8 heteroatoms. The van der Waals surface area contributed by atoms with E-state index in [1.54, 1.807) is 6.92 Å². The van der Waals surface area contributed by atoms with Gasteiger partial charge in [-0.15, -0.1) is 0 Å². The molecule has 6 nitrogen and oxygen atoms in total. The molecule has 0 spiro atoms. The number of hydrogen-bond donors (Lipinski definition) is 3. The largest absolute Gasteiger partial charge is 0.398 e. The number of benzene rings is 1. The molecule has 0 saturated heterocycles. The Morgan fingerprint density at radius 1 is 1.45 bits per heavy atom. The van der Waals surface area contributed by atoms with Crippen molar-refractivity contribution in [2.45, 2.75) is 24.0 Å². The molecule has 1 aromatic carbocycles. The lowest BCUT2D eigenvalue weighted by Crippen LogP contribution is -2.44. The summed E-state index contributed by atoms with van der Waals surface area (Å²) < 4.78 is 25.3. The average molecular weight is 301 g/mol. The van der Waals surface area contributed by atoms with Gasteiger partial charge in [0.2, 0.25) is 5.91 Å². The van der Waals surface area contributed by atoms with Crippen molar-refractivity contribution in [1.82, 2.24) is 10.6 Å². The number of imide groups is 1. The van der Waals surface area contributed by atoms with Crippen LogP contribution in [0.1, 0.15) is 13.8 Å². The monoisotopic (exact) mass is 301 g/mol. The van der Waals surface area contributed by atoms with Gasteiger partial charge in [0.25, 0.3) is 0 Å². The lowest BCUT2D eigenvalue weighted by atomic mass is 10.3. The smallest absolute Gasteiger partial charge is 0.321 e. The molecule has 2 unspecified atom stereocenters. The molecular formula is C12H16FN3O3S. The second-order valence-electron chi connectivity index (χ2n) is 3.97. The van der Waals surface area contributed by atoms with Crippen LogP contribution in [-0.2, 0) is 15.6 Å². The average Bonchev–Trinajstić information content (AvgIpc) is 2.40. The minimum absolute atomic E-state index is 0.0311. The second kappa shape index (κ2) is 6.99. The first-order valence-corrected chi connectivity index (χ1v) is 7.12. The highest BCUT2D eigenvalue weighted by molar-refractivity contribution is 7.86. The summed E-state index contributed by atoms with van der Waals surface area (Å²) in [5, 5.41) is 3.38. The summed E-state index contributed by atoms with van der Waals surface area (Å²) in [5.74, 6) is -1.32. The number of nitrogens with one attached hydrogen (secondary N) is 2. The van der Waals surface area contributed by atoms with Crippen molar-refractivity contribution < 1.29 is 18.2 Å². The van der Waals surface area contributed by atoms with Crippen LogP contribution in [0.5, 0.6) is 0 Å². The van der Waals surface area contributed by atoms with Crippen molar-refractivity contribution in [3.63, 3.8) is 0 Å². The predicted octanol–water partition coefficient (Wildman–Crippen LogP) is 0.750. The van der Waals surface area contributed by atoms with E-state index < -0.39 is 33.8 Å². The Morgan fingerprint density at radius 2 is 2.10 bits per heavy atom. The van der Waals surface area contributed by atoms with Crippen LogP contribution in [0.4, 0.5) is 14.9 Å². The van der Waals surface area contributed by atoms with Gasteiger partial charge in [0.1, 0.15) is 11.1 Å². The first-order chi connectivity index (χ1) is 9.36. The molecule has 4 N–H and O–H groups in total. The number of carbonyl (C=O) groups excluding carboxylic acids is 2. The summed E-state index contributed by atoms with van der Waals surface area (Å²) in [7, 11) is -1.86. The Labute approximate surface area is 118 Å². The summed E-state index contributed by atoms with van der Waals surface area (Å²) in [5.41, 5.74) is 5.73. The molecule has 0 fully saturated rings. The van der Waals surface area contributed by atoms with E-state index in [1.807, 2.05) is 5.32 Å². The summed E-state index contributed by atoms with van der Waals surface area (Å²) in [6, 6.07) is 2.75. The van der Waals surface area contributed by atoms with Crippen LogP contribution >= 0.6 is 0 Å². The van der Waals surface area contributed by atoms with Crippen molar-refractivity contribution in [2.75, 3.05) is 12.3 Å². The number of halogens is 1. The standard InChI is InChI=1S/C12H16FN3O3S/c1-3-15-12(18)16-11(17)7(2)20(19)10-6-8(13)4-5-9(10)14/h4-7H,3,14H2,1-2H3,(H2,15,16,17,18). The fourth-order valence-corrected chi connectivity index (χ4v) is 2.55. The summed E-state index contributed by atoms with van der Waals surface area (Å²) in [6.45, 7) is 3.42. The zero-order valence-corrected chi connectivity index (χ0v) is 11.9. The van der Waals surface area contributed by atoms with Gasteiger partial charge < -0.3 is 11.1 Å². The third-order valence-electron chi connectivity index (χ3n) is 2.46. The molecule has 0 aromatic heterocycles. The predicted molar refractivity (Wildman–Crippen MR) is 73.9 cm³/mol. The van der Waals surface area contributed by atoms with Crippen molar-refractivity contribution >= 4 is 28.4 Å². The number of urea groups is 1. The molecule has 20 heavy (non-hydrogen) atoms. The molecular weight excluding hydrogens is 285 g/mol. The number of nitrogen functional groups attached to an aromatic ring is 1. The zero-order valence-electron chi connectivity index (χ0n) is 11.1. The van der Waals surface area contributed by atoms with Crippen LogP contribution in [0.25, 0.3) is 0 Å². The molecule has 0 bridgehead atoms. The highest BCUT2D eigenvalue weighted by Crippen LogP contribution is 2.20. The van der Waals surface area contributed by atoms with E-state index in [2.05, 4.69) is 5.32 Å². The van der Waals surface area contributed by atoms with Gasteiger partial charge in [-0.3, -0.25) is 14.3 Å². The van der Waals surface area contributed by atoms with E-state index in [1.165, 1.54) is 13.0 Å². The maximum atomic E-state index is 13.1. The highest BCUT2D eigenvalue weighted by atomic mass is 32.2. The fourth-order valence-electron chi connectivity index (χ4n) is 1.39. The van der Waals surface area contributed by atoms with Gasteiger partial charge in [0, 0.05) is 12.2 Å². The first-order valence-electron chi connectivity index (χ1n) is 5.91. The molecule has 1 rings (SSSR count). The van der Waals surface area contributed by atoms with Crippen molar-refractivity contribution in [2.24, 2.45) is 0 Å². The minimum atomic E-state index is -1.86. The number of amides is 3. The Bertz CT molecular complexity index is 551. The molecule has 2 atom stereocenters. The fraction of sp³-hybridized carbons (Fsp3) is 0.333. The van der Waals surface area contributed by atoms with E-state index in [4.69, 9.17) is 5.73 Å². The van der Waals surface area contributed by atoms with Crippen LogP contribution in [0, 0.1) is 5.82 Å². The van der Waals surface area contributed by atoms with E-state index >= 15 is 0 Å². The second-order valence-corrected chi connectivity index (χ2v) is 5.71. The summed E-state index contributed by atoms with van der Waals surface area (Å²) >= 11 is 0. The lowest BCUT2D eigenvalue weighted by molar-refractivity contribution is -0.119. The molecule has 1 aromatic rings. The van der Waals surface area contributed by atoms with Crippen LogP contribution in [0.3, 0.4) is 0 Å². The molecule has 0 aliphatic rings. The van der Waals surface area contributed by atoms with Crippen LogP contribution in [-0.4, -0.2) is 27.9 Å². The molecule has 0 radical (unpaired) electrons. The molecule has 110 valence electrons. The summed E-state index contributed by atoms with van der Waals surface area (Å²) in [4.78, 5) is 23.0. The van der Waals surface area contributed by atoms with Crippen molar-refractivity contribution in [1.29, 1.82) is 0 Å². The Balaban J connectivity index is 2.83. The number of carbonyl (C=O) groups is 2. The molecule has 0 aliphatic heterocycles. The Morgan fingerprint density at radius 3 is 2.70 bits per heavy atom. The highest BCUT2D eigenvalue weighted by Gasteiger charge is 2.24. The molecule has 3 amide bonds. The van der Waals surface area contributed by atoms with E-state index in [0.717, 1.165) is 12.1 Å². The van der Waals surface area contributed by atoms with Gasteiger partial charge in [-0.25, -0.2) is 9.18 Å². The topological polar surface area (TPSA) is 101 Å². The van der Waals surface area contributed by atoms with Crippen LogP contribution < -0.4 is 16.4 Å². The van der Waals surface area contributed by atoms with Gasteiger partial charge in [0.05, 0.1) is 15.7 Å². The van der Waals surface area contributed by atoms with Crippen LogP contribution in [0.15, 0.2) is 23.1 Å². The van der Waals surface area contributed by atoms with E-state index in [0.29, 0.717) is 6.54 Å². The van der Waals surface area contributed by atoms with Gasteiger partial charge in [-0.1, -0.05) is 0 Å². The Kier molecular flexibility index (Phi) is 5.63. The van der Waals surface area contributed by atoms with E-state index in [9.17, 15) is 18.2 Å². The van der Waals surface area contributed by atoms with E-state index in [-0.39, 0.29) is 10.6 Å². The van der Waals surface area contributed by atoms with Crippen LogP contribution in [0.2, 0.25) is 0 Å². The number of anilines is 1. The number of nitrogens with two attached hydrogens (primary N) is 1.